The van der Waals surface area contributed by atoms with Crippen molar-refractivity contribution in [2.75, 3.05) is 7.11 Å². The molecule has 0 aliphatic carbocycles. The molecule has 0 amide bonds. The highest BCUT2D eigenvalue weighted by molar-refractivity contribution is 9.10. The molecule has 2 aromatic carbocycles. The number of aromatic nitrogens is 1. The Bertz CT molecular complexity index is 906. The molecule has 5 heteroatoms. The molecule has 116 valence electrons. The van der Waals surface area contributed by atoms with Gasteiger partial charge in [-0.05, 0) is 51.8 Å². The summed E-state index contributed by atoms with van der Waals surface area (Å²) in [7, 11) is 1.50. The van der Waals surface area contributed by atoms with Gasteiger partial charge in [0.1, 0.15) is 11.3 Å². The number of hydrogen-bond acceptors (Lipinski definition) is 4. The van der Waals surface area contributed by atoms with Crippen molar-refractivity contribution in [2.24, 2.45) is 0 Å². The van der Waals surface area contributed by atoms with Gasteiger partial charge < -0.3 is 14.9 Å². The number of fused-ring (bicyclic) bond motifs is 1. The SMILES string of the molecule is COc1cc(/C=C/c2ccc3cccc(O)c3n2)cc(Br)c1O. The molecule has 23 heavy (non-hydrogen) atoms. The summed E-state index contributed by atoms with van der Waals surface area (Å²) in [6.07, 6.45) is 3.70. The number of pyridine rings is 1. The van der Waals surface area contributed by atoms with Gasteiger partial charge in [-0.2, -0.15) is 0 Å². The number of phenols is 2. The highest BCUT2D eigenvalue weighted by Gasteiger charge is 2.07. The summed E-state index contributed by atoms with van der Waals surface area (Å²) >= 11 is 3.29. The van der Waals surface area contributed by atoms with Crippen molar-refractivity contribution in [3.05, 3.63) is 58.2 Å². The molecule has 0 aliphatic heterocycles. The third kappa shape index (κ3) is 3.14. The van der Waals surface area contributed by atoms with E-state index in [4.69, 9.17) is 4.74 Å². The summed E-state index contributed by atoms with van der Waals surface area (Å²) in [6.45, 7) is 0. The molecule has 2 N–H and O–H groups in total. The number of rotatable bonds is 3. The van der Waals surface area contributed by atoms with Crippen LogP contribution in [0.5, 0.6) is 17.2 Å². The highest BCUT2D eigenvalue weighted by atomic mass is 79.9. The van der Waals surface area contributed by atoms with Crippen LogP contribution >= 0.6 is 15.9 Å². The van der Waals surface area contributed by atoms with Crippen LogP contribution in [0.3, 0.4) is 0 Å². The normalized spacial score (nSPS) is 11.2. The largest absolute Gasteiger partial charge is 0.506 e. The van der Waals surface area contributed by atoms with E-state index >= 15 is 0 Å². The third-order valence-corrected chi connectivity index (χ3v) is 4.04. The molecule has 0 fully saturated rings. The average molecular weight is 372 g/mol. The lowest BCUT2D eigenvalue weighted by Gasteiger charge is -2.06. The molecule has 1 aromatic heterocycles. The van der Waals surface area contributed by atoms with E-state index < -0.39 is 0 Å². The van der Waals surface area contributed by atoms with Crippen molar-refractivity contribution in [3.63, 3.8) is 0 Å². The van der Waals surface area contributed by atoms with Crippen LogP contribution in [0.4, 0.5) is 0 Å². The molecular formula is C18H14BrNO3. The summed E-state index contributed by atoms with van der Waals surface area (Å²) in [5, 5.41) is 20.6. The topological polar surface area (TPSA) is 62.6 Å². The van der Waals surface area contributed by atoms with Crippen molar-refractivity contribution >= 4 is 39.0 Å². The monoisotopic (exact) mass is 371 g/mol. The summed E-state index contributed by atoms with van der Waals surface area (Å²) in [5.74, 6) is 0.619. The zero-order valence-electron chi connectivity index (χ0n) is 12.3. The molecule has 3 aromatic rings. The van der Waals surface area contributed by atoms with Gasteiger partial charge >= 0.3 is 0 Å². The van der Waals surface area contributed by atoms with Crippen molar-refractivity contribution in [1.29, 1.82) is 0 Å². The standard InChI is InChI=1S/C18H14BrNO3/c1-23-16-10-11(9-14(19)18(16)22)5-7-13-8-6-12-3-2-4-15(21)17(12)20-13/h2-10,21-22H,1H3/b7-5+. The number of aromatic hydroxyl groups is 2. The fourth-order valence-electron chi connectivity index (χ4n) is 2.27. The molecule has 0 atom stereocenters. The molecule has 0 radical (unpaired) electrons. The number of methoxy groups -OCH3 is 1. The smallest absolute Gasteiger partial charge is 0.172 e. The summed E-state index contributed by atoms with van der Waals surface area (Å²) < 4.78 is 5.69. The fourth-order valence-corrected chi connectivity index (χ4v) is 2.73. The van der Waals surface area contributed by atoms with E-state index in [-0.39, 0.29) is 11.5 Å². The first-order valence-corrected chi connectivity index (χ1v) is 7.71. The maximum Gasteiger partial charge on any atom is 0.172 e. The van der Waals surface area contributed by atoms with Crippen LogP contribution in [0.1, 0.15) is 11.3 Å². The number of benzene rings is 2. The number of ether oxygens (including phenoxy) is 1. The van der Waals surface area contributed by atoms with Crippen molar-refractivity contribution in [2.45, 2.75) is 0 Å². The lowest BCUT2D eigenvalue weighted by Crippen LogP contribution is -1.86. The Morgan fingerprint density at radius 2 is 1.91 bits per heavy atom. The minimum absolute atomic E-state index is 0.0680. The van der Waals surface area contributed by atoms with E-state index in [1.807, 2.05) is 30.4 Å². The second-order valence-electron chi connectivity index (χ2n) is 4.97. The van der Waals surface area contributed by atoms with Gasteiger partial charge in [-0.15, -0.1) is 0 Å². The number of para-hydroxylation sites is 1. The van der Waals surface area contributed by atoms with E-state index in [1.165, 1.54) is 7.11 Å². The van der Waals surface area contributed by atoms with Gasteiger partial charge in [0.2, 0.25) is 0 Å². The number of hydrogen-bond donors (Lipinski definition) is 2. The first-order chi connectivity index (χ1) is 11.1. The molecule has 3 rings (SSSR count). The number of phenolic OH excluding ortho intramolecular Hbond substituents is 2. The molecular weight excluding hydrogens is 358 g/mol. The molecule has 0 aliphatic rings. The summed E-state index contributed by atoms with van der Waals surface area (Å²) in [6, 6.07) is 12.6. The van der Waals surface area contributed by atoms with Crippen LogP contribution in [0.15, 0.2) is 46.9 Å². The maximum atomic E-state index is 9.88. The molecule has 0 unspecified atom stereocenters. The van der Waals surface area contributed by atoms with Gasteiger partial charge in [0.25, 0.3) is 0 Å². The fraction of sp³-hybridized carbons (Fsp3) is 0.0556. The lowest BCUT2D eigenvalue weighted by atomic mass is 10.1. The van der Waals surface area contributed by atoms with E-state index in [1.54, 1.807) is 24.3 Å². The van der Waals surface area contributed by atoms with Crippen molar-refractivity contribution in [1.82, 2.24) is 4.98 Å². The van der Waals surface area contributed by atoms with Gasteiger partial charge in [-0.25, -0.2) is 4.98 Å². The molecule has 0 spiro atoms. The molecule has 0 saturated carbocycles. The number of halogens is 1. The van der Waals surface area contributed by atoms with Crippen molar-refractivity contribution < 1.29 is 14.9 Å². The van der Waals surface area contributed by atoms with Crippen LogP contribution in [0.25, 0.3) is 23.1 Å². The molecule has 0 saturated heterocycles. The second kappa shape index (κ2) is 6.30. The average Bonchev–Trinajstić information content (AvgIpc) is 2.56. The first-order valence-electron chi connectivity index (χ1n) is 6.92. The van der Waals surface area contributed by atoms with Crippen molar-refractivity contribution in [3.8, 4) is 17.2 Å². The van der Waals surface area contributed by atoms with Crippen LogP contribution in [-0.2, 0) is 0 Å². The van der Waals surface area contributed by atoms with Gasteiger partial charge in [0, 0.05) is 5.39 Å². The minimum atomic E-state index is 0.0680. The van der Waals surface area contributed by atoms with Gasteiger partial charge in [0.15, 0.2) is 11.5 Å². The van der Waals surface area contributed by atoms with E-state index in [0.717, 1.165) is 16.6 Å². The first kappa shape index (κ1) is 15.4. The maximum absolute atomic E-state index is 9.88. The Morgan fingerprint density at radius 3 is 2.70 bits per heavy atom. The van der Waals surface area contributed by atoms with E-state index in [9.17, 15) is 10.2 Å². The summed E-state index contributed by atoms with van der Waals surface area (Å²) in [4.78, 5) is 4.44. The Kier molecular flexibility index (Phi) is 4.21. The van der Waals surface area contributed by atoms with Crippen LogP contribution in [0.2, 0.25) is 0 Å². The number of nitrogens with zero attached hydrogens (tertiary/aromatic N) is 1. The van der Waals surface area contributed by atoms with Gasteiger partial charge in [-0.3, -0.25) is 0 Å². The lowest BCUT2D eigenvalue weighted by molar-refractivity contribution is 0.372. The third-order valence-electron chi connectivity index (χ3n) is 3.44. The van der Waals surface area contributed by atoms with Crippen LogP contribution in [-0.4, -0.2) is 22.3 Å². The van der Waals surface area contributed by atoms with Crippen LogP contribution in [0, 0.1) is 0 Å². The molecule has 0 bridgehead atoms. The van der Waals surface area contributed by atoms with E-state index in [0.29, 0.717) is 15.7 Å². The Morgan fingerprint density at radius 1 is 1.09 bits per heavy atom. The highest BCUT2D eigenvalue weighted by Crippen LogP contribution is 2.35. The quantitative estimate of drug-likeness (QED) is 0.706. The molecule has 4 nitrogen and oxygen atoms in total. The zero-order chi connectivity index (χ0) is 16.4. The Labute approximate surface area is 141 Å². The molecule has 1 heterocycles. The van der Waals surface area contributed by atoms with Gasteiger partial charge in [0.05, 0.1) is 17.3 Å². The van der Waals surface area contributed by atoms with Crippen LogP contribution < -0.4 is 4.74 Å². The predicted octanol–water partition coefficient (Wildman–Crippen LogP) is 4.59. The summed E-state index contributed by atoms with van der Waals surface area (Å²) in [5.41, 5.74) is 2.15. The zero-order valence-corrected chi connectivity index (χ0v) is 13.9. The Hall–Kier alpha value is -2.53. The minimum Gasteiger partial charge on any atom is -0.506 e. The second-order valence-corrected chi connectivity index (χ2v) is 5.83. The van der Waals surface area contributed by atoms with E-state index in [2.05, 4.69) is 20.9 Å². The predicted molar refractivity (Wildman–Crippen MR) is 94.7 cm³/mol. The Balaban J connectivity index is 1.97. The van der Waals surface area contributed by atoms with Gasteiger partial charge in [-0.1, -0.05) is 24.3 Å².